The highest BCUT2D eigenvalue weighted by Crippen LogP contribution is 2.23. The van der Waals surface area contributed by atoms with E-state index in [1.165, 1.54) is 0 Å². The van der Waals surface area contributed by atoms with E-state index in [0.717, 1.165) is 27.8 Å². The lowest BCUT2D eigenvalue weighted by molar-refractivity contribution is 0.430. The number of hydrogen-bond donors (Lipinski definition) is 1. The van der Waals surface area contributed by atoms with Crippen LogP contribution in [0, 0.1) is 13.8 Å². The Kier molecular flexibility index (Phi) is 3.86. The molecule has 0 unspecified atom stereocenters. The Morgan fingerprint density at radius 2 is 2.05 bits per heavy atom. The Hall–Kier alpha value is -2.33. The molecule has 0 saturated carbocycles. The molecule has 1 N–H and O–H groups in total. The molecule has 2 heterocycles. The van der Waals surface area contributed by atoms with Crippen molar-refractivity contribution in [3.8, 4) is 0 Å². The van der Waals surface area contributed by atoms with E-state index in [1.54, 1.807) is 12.3 Å². The number of aryl methyl sites for hydroxylation is 2. The first-order valence-corrected chi connectivity index (χ1v) is 7.36. The second-order valence-electron chi connectivity index (χ2n) is 5.59. The van der Waals surface area contributed by atoms with Crippen molar-refractivity contribution in [3.05, 3.63) is 69.5 Å². The molecular weight excluding hydrogens is 278 g/mol. The topological polar surface area (TPSA) is 55.4 Å². The van der Waals surface area contributed by atoms with Gasteiger partial charge in [0.1, 0.15) is 11.3 Å². The molecule has 3 aromatic rings. The van der Waals surface area contributed by atoms with Gasteiger partial charge in [-0.2, -0.15) is 0 Å². The molecule has 4 heteroatoms. The van der Waals surface area contributed by atoms with Gasteiger partial charge in [-0.15, -0.1) is 0 Å². The van der Waals surface area contributed by atoms with Crippen LogP contribution in [-0.4, -0.2) is 0 Å². The van der Waals surface area contributed by atoms with E-state index in [4.69, 9.17) is 8.83 Å². The van der Waals surface area contributed by atoms with E-state index in [9.17, 15) is 4.79 Å². The van der Waals surface area contributed by atoms with Crippen LogP contribution in [0.3, 0.4) is 0 Å². The molecule has 0 aliphatic heterocycles. The lowest BCUT2D eigenvalue weighted by atomic mass is 10.0. The molecule has 0 spiro atoms. The van der Waals surface area contributed by atoms with Crippen LogP contribution in [-0.2, 0) is 6.54 Å². The summed E-state index contributed by atoms with van der Waals surface area (Å²) in [6, 6.07) is 9.49. The summed E-state index contributed by atoms with van der Waals surface area (Å²) in [5.74, 6) is 0.874. The van der Waals surface area contributed by atoms with Crippen molar-refractivity contribution in [3.63, 3.8) is 0 Å². The van der Waals surface area contributed by atoms with Crippen LogP contribution in [0.2, 0.25) is 0 Å². The SMILES string of the molecule is Cc1ccc2c(CN[C@@H](C)c3ccco3)cc(=O)oc2c1C. The quantitative estimate of drug-likeness (QED) is 0.743. The van der Waals surface area contributed by atoms with Gasteiger partial charge in [0.2, 0.25) is 0 Å². The maximum atomic E-state index is 11.8. The smallest absolute Gasteiger partial charge is 0.336 e. The minimum atomic E-state index is -0.316. The first-order valence-electron chi connectivity index (χ1n) is 7.36. The number of furan rings is 1. The molecule has 0 amide bonds. The minimum Gasteiger partial charge on any atom is -0.468 e. The summed E-state index contributed by atoms with van der Waals surface area (Å²) < 4.78 is 10.8. The molecule has 22 heavy (non-hydrogen) atoms. The third-order valence-electron chi connectivity index (χ3n) is 4.09. The lowest BCUT2D eigenvalue weighted by Crippen LogP contribution is -2.18. The van der Waals surface area contributed by atoms with Crippen molar-refractivity contribution in [2.75, 3.05) is 0 Å². The summed E-state index contributed by atoms with van der Waals surface area (Å²) in [7, 11) is 0. The van der Waals surface area contributed by atoms with Crippen LogP contribution in [0.1, 0.15) is 35.4 Å². The van der Waals surface area contributed by atoms with Crippen LogP contribution in [0.4, 0.5) is 0 Å². The molecule has 1 aromatic carbocycles. The van der Waals surface area contributed by atoms with Crippen LogP contribution in [0.15, 0.2) is 50.2 Å². The zero-order valence-electron chi connectivity index (χ0n) is 13.0. The largest absolute Gasteiger partial charge is 0.468 e. The second-order valence-corrected chi connectivity index (χ2v) is 5.59. The van der Waals surface area contributed by atoms with Crippen molar-refractivity contribution in [1.29, 1.82) is 0 Å². The number of rotatable bonds is 4. The Labute approximate surface area is 128 Å². The van der Waals surface area contributed by atoms with Crippen molar-refractivity contribution >= 4 is 11.0 Å². The van der Waals surface area contributed by atoms with Gasteiger partial charge in [-0.1, -0.05) is 12.1 Å². The van der Waals surface area contributed by atoms with Gasteiger partial charge in [0.25, 0.3) is 0 Å². The third-order valence-corrected chi connectivity index (χ3v) is 4.09. The van der Waals surface area contributed by atoms with Gasteiger partial charge >= 0.3 is 5.63 Å². The second kappa shape index (κ2) is 5.81. The summed E-state index contributed by atoms with van der Waals surface area (Å²) in [6.45, 7) is 6.59. The highest BCUT2D eigenvalue weighted by Gasteiger charge is 2.12. The summed E-state index contributed by atoms with van der Waals surface area (Å²) >= 11 is 0. The first kappa shape index (κ1) is 14.6. The molecule has 4 nitrogen and oxygen atoms in total. The van der Waals surface area contributed by atoms with Crippen molar-refractivity contribution in [1.82, 2.24) is 5.32 Å². The molecule has 0 saturated heterocycles. The minimum absolute atomic E-state index is 0.0730. The monoisotopic (exact) mass is 297 g/mol. The lowest BCUT2D eigenvalue weighted by Gasteiger charge is -2.13. The van der Waals surface area contributed by atoms with E-state index < -0.39 is 0 Å². The maximum absolute atomic E-state index is 11.8. The van der Waals surface area contributed by atoms with E-state index in [0.29, 0.717) is 12.1 Å². The van der Waals surface area contributed by atoms with Gasteiger partial charge in [0, 0.05) is 18.0 Å². The number of fused-ring (bicyclic) bond motifs is 1. The van der Waals surface area contributed by atoms with E-state index in [2.05, 4.69) is 11.4 Å². The standard InChI is InChI=1S/C18H19NO3/c1-11-6-7-15-14(9-17(20)22-18(15)12(11)2)10-19-13(3)16-5-4-8-21-16/h4-9,13,19H,10H2,1-3H3/t13-/m0/s1. The molecule has 0 bridgehead atoms. The van der Waals surface area contributed by atoms with Crippen molar-refractivity contribution in [2.24, 2.45) is 0 Å². The van der Waals surface area contributed by atoms with Crippen LogP contribution < -0.4 is 10.9 Å². The fraction of sp³-hybridized carbons (Fsp3) is 0.278. The Morgan fingerprint density at radius 1 is 1.23 bits per heavy atom. The van der Waals surface area contributed by atoms with Gasteiger partial charge in [0.05, 0.1) is 12.3 Å². The van der Waals surface area contributed by atoms with Gasteiger partial charge in [0.15, 0.2) is 0 Å². The molecule has 3 rings (SSSR count). The van der Waals surface area contributed by atoms with Crippen LogP contribution >= 0.6 is 0 Å². The van der Waals surface area contributed by atoms with E-state index >= 15 is 0 Å². The molecule has 2 aromatic heterocycles. The maximum Gasteiger partial charge on any atom is 0.336 e. The fourth-order valence-electron chi connectivity index (χ4n) is 2.57. The highest BCUT2D eigenvalue weighted by molar-refractivity contribution is 5.83. The molecular formula is C18H19NO3. The Bertz CT molecular complexity index is 847. The average Bonchev–Trinajstić information content (AvgIpc) is 3.03. The van der Waals surface area contributed by atoms with Gasteiger partial charge in [-0.3, -0.25) is 0 Å². The predicted molar refractivity (Wildman–Crippen MR) is 85.9 cm³/mol. The molecule has 0 aliphatic carbocycles. The summed E-state index contributed by atoms with van der Waals surface area (Å²) in [6.07, 6.45) is 1.66. The zero-order chi connectivity index (χ0) is 15.7. The number of nitrogens with one attached hydrogen (secondary N) is 1. The molecule has 0 fully saturated rings. The first-order chi connectivity index (χ1) is 10.6. The molecule has 0 radical (unpaired) electrons. The van der Waals surface area contributed by atoms with Crippen molar-refractivity contribution < 1.29 is 8.83 Å². The van der Waals surface area contributed by atoms with Crippen LogP contribution in [0.5, 0.6) is 0 Å². The Morgan fingerprint density at radius 3 is 2.77 bits per heavy atom. The molecule has 114 valence electrons. The van der Waals surface area contributed by atoms with E-state index in [-0.39, 0.29) is 11.7 Å². The fourth-order valence-corrected chi connectivity index (χ4v) is 2.57. The van der Waals surface area contributed by atoms with Gasteiger partial charge < -0.3 is 14.2 Å². The van der Waals surface area contributed by atoms with Gasteiger partial charge in [-0.25, -0.2) is 4.79 Å². The molecule has 0 aliphatic rings. The zero-order valence-corrected chi connectivity index (χ0v) is 13.0. The van der Waals surface area contributed by atoms with Crippen molar-refractivity contribution in [2.45, 2.75) is 33.4 Å². The van der Waals surface area contributed by atoms with Gasteiger partial charge in [-0.05, 0) is 49.6 Å². The number of hydrogen-bond acceptors (Lipinski definition) is 4. The average molecular weight is 297 g/mol. The summed E-state index contributed by atoms with van der Waals surface area (Å²) in [5, 5.41) is 4.35. The van der Waals surface area contributed by atoms with E-state index in [1.807, 2.05) is 39.0 Å². The van der Waals surface area contributed by atoms with Crippen LogP contribution in [0.25, 0.3) is 11.0 Å². The number of benzene rings is 1. The highest BCUT2D eigenvalue weighted by atomic mass is 16.4. The third kappa shape index (κ3) is 2.70. The summed E-state index contributed by atoms with van der Waals surface area (Å²) in [5.41, 5.74) is 3.42. The Balaban J connectivity index is 1.94. The normalized spacial score (nSPS) is 12.7. The molecule has 1 atom stereocenters. The summed E-state index contributed by atoms with van der Waals surface area (Å²) in [4.78, 5) is 11.8. The predicted octanol–water partition coefficient (Wildman–Crippen LogP) is 3.85.